The number of carbonyl (C=O) groups excluding carboxylic acids is 1. The van der Waals surface area contributed by atoms with Crippen LogP contribution >= 0.6 is 0 Å². The second-order valence-electron chi connectivity index (χ2n) is 8.38. The topological polar surface area (TPSA) is 49.6 Å². The van der Waals surface area contributed by atoms with Gasteiger partial charge in [0, 0.05) is 18.5 Å². The van der Waals surface area contributed by atoms with Crippen molar-refractivity contribution >= 4 is 5.91 Å². The van der Waals surface area contributed by atoms with Crippen molar-refractivity contribution < 1.29 is 13.7 Å². The van der Waals surface area contributed by atoms with Gasteiger partial charge in [-0.2, -0.15) is 0 Å². The molecule has 4 saturated heterocycles. The lowest BCUT2D eigenvalue weighted by Crippen LogP contribution is -2.60. The molecule has 4 aliphatic rings. The lowest BCUT2D eigenvalue weighted by molar-refractivity contribution is -0.00348. The number of carbonyl (C=O) groups is 1. The first-order valence-electron chi connectivity index (χ1n) is 10.3. The second kappa shape index (κ2) is 6.69. The van der Waals surface area contributed by atoms with Crippen molar-refractivity contribution in [1.82, 2.24) is 15.0 Å². The smallest absolute Gasteiger partial charge is 0.259 e. The van der Waals surface area contributed by atoms with Crippen LogP contribution < -0.4 is 0 Å². The van der Waals surface area contributed by atoms with E-state index in [2.05, 4.69) is 15.0 Å². The molecule has 148 valence electrons. The normalized spacial score (nSPS) is 31.2. The van der Waals surface area contributed by atoms with Gasteiger partial charge in [-0.05, 0) is 62.9 Å². The van der Waals surface area contributed by atoms with Crippen LogP contribution in [0, 0.1) is 18.7 Å². The molecule has 2 aromatic rings. The fourth-order valence-electron chi connectivity index (χ4n) is 5.73. The van der Waals surface area contributed by atoms with Crippen molar-refractivity contribution in [2.45, 2.75) is 51.1 Å². The third-order valence-corrected chi connectivity index (χ3v) is 7.04. The Kier molecular flexibility index (Phi) is 4.27. The van der Waals surface area contributed by atoms with Crippen molar-refractivity contribution in [2.24, 2.45) is 5.92 Å². The maximum atomic E-state index is 13.6. The largest absolute Gasteiger partial charge is 0.361 e. The van der Waals surface area contributed by atoms with Crippen LogP contribution in [0.2, 0.25) is 0 Å². The first-order chi connectivity index (χ1) is 13.6. The van der Waals surface area contributed by atoms with Gasteiger partial charge in [0.1, 0.15) is 17.1 Å². The lowest BCUT2D eigenvalue weighted by atomic mass is 9.75. The highest BCUT2D eigenvalue weighted by molar-refractivity contribution is 5.96. The molecular weight excluding hydrogens is 357 g/mol. The molecule has 0 radical (unpaired) electrons. The summed E-state index contributed by atoms with van der Waals surface area (Å²) in [6.45, 7) is 6.67. The highest BCUT2D eigenvalue weighted by Gasteiger charge is 2.55. The zero-order valence-corrected chi connectivity index (χ0v) is 16.4. The van der Waals surface area contributed by atoms with Gasteiger partial charge in [0.25, 0.3) is 5.91 Å². The molecule has 0 saturated carbocycles. The molecule has 5 heterocycles. The quantitative estimate of drug-likeness (QED) is 0.815. The number of hydrogen-bond acceptors (Lipinski definition) is 4. The minimum atomic E-state index is -0.218. The monoisotopic (exact) mass is 383 g/mol. The van der Waals surface area contributed by atoms with Gasteiger partial charge in [-0.25, -0.2) is 4.39 Å². The summed E-state index contributed by atoms with van der Waals surface area (Å²) in [6, 6.07) is 7.36. The summed E-state index contributed by atoms with van der Waals surface area (Å²) in [4.78, 5) is 18.2. The molecule has 4 aliphatic heterocycles. The zero-order chi connectivity index (χ0) is 19.4. The molecular formula is C22H26FN3O2. The molecule has 0 N–H and O–H groups in total. The van der Waals surface area contributed by atoms with E-state index in [9.17, 15) is 9.18 Å². The van der Waals surface area contributed by atoms with Gasteiger partial charge in [-0.1, -0.05) is 24.2 Å². The van der Waals surface area contributed by atoms with Gasteiger partial charge in [0.15, 0.2) is 0 Å². The van der Waals surface area contributed by atoms with Crippen molar-refractivity contribution in [3.63, 3.8) is 0 Å². The molecule has 6 heteroatoms. The number of fused-ring (bicyclic) bond motifs is 2. The van der Waals surface area contributed by atoms with Crippen LogP contribution in [-0.2, 0) is 6.42 Å². The molecule has 0 unspecified atom stereocenters. The number of halogens is 1. The van der Waals surface area contributed by atoms with Gasteiger partial charge in [-0.3, -0.25) is 9.69 Å². The summed E-state index contributed by atoms with van der Waals surface area (Å²) in [6.07, 6.45) is 2.96. The number of piperidine rings is 3. The van der Waals surface area contributed by atoms with Crippen LogP contribution in [0.15, 0.2) is 28.8 Å². The van der Waals surface area contributed by atoms with Crippen molar-refractivity contribution in [1.29, 1.82) is 0 Å². The third-order valence-electron chi connectivity index (χ3n) is 7.04. The Labute approximate surface area is 164 Å². The summed E-state index contributed by atoms with van der Waals surface area (Å²) in [5.41, 5.74) is 2.50. The van der Waals surface area contributed by atoms with Crippen molar-refractivity contribution in [3.05, 3.63) is 52.7 Å². The number of hydrogen-bond donors (Lipinski definition) is 0. The molecule has 5 nitrogen and oxygen atoms in total. The summed E-state index contributed by atoms with van der Waals surface area (Å²) >= 11 is 0. The Morgan fingerprint density at radius 3 is 2.61 bits per heavy atom. The van der Waals surface area contributed by atoms with E-state index in [1.165, 1.54) is 12.1 Å². The van der Waals surface area contributed by atoms with E-state index >= 15 is 0 Å². The van der Waals surface area contributed by atoms with Crippen LogP contribution in [0.3, 0.4) is 0 Å². The average molecular weight is 383 g/mol. The summed E-state index contributed by atoms with van der Waals surface area (Å²) in [5, 5.41) is 4.09. The number of likely N-dealkylation sites (tertiary alicyclic amines) is 1. The number of nitrogens with zero attached hydrogens (tertiary/aromatic N) is 3. The van der Waals surface area contributed by atoms with Crippen LogP contribution in [0.4, 0.5) is 4.39 Å². The highest BCUT2D eigenvalue weighted by Crippen LogP contribution is 2.47. The summed E-state index contributed by atoms with van der Waals surface area (Å²) < 4.78 is 18.8. The number of amides is 1. The molecule has 28 heavy (non-hydrogen) atoms. The van der Waals surface area contributed by atoms with E-state index < -0.39 is 0 Å². The van der Waals surface area contributed by atoms with E-state index in [-0.39, 0.29) is 23.7 Å². The summed E-state index contributed by atoms with van der Waals surface area (Å²) in [5.74, 6) is 1.18. The lowest BCUT2D eigenvalue weighted by Gasteiger charge is -2.51. The van der Waals surface area contributed by atoms with Crippen LogP contribution in [0.25, 0.3) is 0 Å². The molecule has 0 spiro atoms. The number of rotatable bonds is 3. The maximum Gasteiger partial charge on any atom is 0.259 e. The van der Waals surface area contributed by atoms with Crippen LogP contribution in [-0.4, -0.2) is 52.6 Å². The summed E-state index contributed by atoms with van der Waals surface area (Å²) in [7, 11) is 0. The Hall–Kier alpha value is -2.21. The molecule has 3 atom stereocenters. The molecule has 1 aromatic heterocycles. The van der Waals surface area contributed by atoms with Crippen molar-refractivity contribution in [3.8, 4) is 0 Å². The van der Waals surface area contributed by atoms with Crippen LogP contribution in [0.1, 0.15) is 53.1 Å². The van der Waals surface area contributed by atoms with Gasteiger partial charge in [-0.15, -0.1) is 0 Å². The predicted octanol–water partition coefficient (Wildman–Crippen LogP) is 3.39. The fourth-order valence-corrected chi connectivity index (χ4v) is 5.73. The number of benzene rings is 1. The average Bonchev–Trinajstić information content (AvgIpc) is 3.31. The Morgan fingerprint density at radius 1 is 1.21 bits per heavy atom. The fraction of sp³-hybridized carbons (Fsp3) is 0.545. The highest BCUT2D eigenvalue weighted by atomic mass is 19.1. The minimum absolute atomic E-state index is 0.0453. The Morgan fingerprint density at radius 2 is 1.93 bits per heavy atom. The van der Waals surface area contributed by atoms with E-state index in [0.717, 1.165) is 37.2 Å². The van der Waals surface area contributed by atoms with Crippen LogP contribution in [0.5, 0.6) is 0 Å². The van der Waals surface area contributed by atoms with Gasteiger partial charge >= 0.3 is 0 Å². The standard InChI is InChI=1S/C22H26FN3O2/c1-3-18-19(13(2)28-24-18)22(27)26-12-17(14-4-6-16(23)7-5-14)21-20(26)15-8-10-25(21)11-9-15/h4-7,15,17,20-21H,3,8-12H2,1-2H3/t17-,20+,21+/m0/s1. The van der Waals surface area contributed by atoms with E-state index in [1.807, 2.05) is 26.0 Å². The molecule has 4 fully saturated rings. The number of aryl methyl sites for hydroxylation is 2. The Balaban J connectivity index is 1.54. The molecule has 2 bridgehead atoms. The molecule has 1 amide bonds. The minimum Gasteiger partial charge on any atom is -0.361 e. The first kappa shape index (κ1) is 17.9. The Bertz CT molecular complexity index is 886. The molecule has 0 aliphatic carbocycles. The van der Waals surface area contributed by atoms with Gasteiger partial charge in [0.05, 0.1) is 11.7 Å². The first-order valence-corrected chi connectivity index (χ1v) is 10.3. The van der Waals surface area contributed by atoms with Crippen molar-refractivity contribution in [2.75, 3.05) is 19.6 Å². The van der Waals surface area contributed by atoms with Gasteiger partial charge < -0.3 is 9.42 Å². The van der Waals surface area contributed by atoms with E-state index in [4.69, 9.17) is 4.52 Å². The predicted molar refractivity (Wildman–Crippen MR) is 103 cm³/mol. The zero-order valence-electron chi connectivity index (χ0n) is 16.4. The number of aromatic nitrogens is 1. The molecule has 1 aromatic carbocycles. The van der Waals surface area contributed by atoms with E-state index in [0.29, 0.717) is 36.2 Å². The SMILES string of the molecule is CCc1noc(C)c1C(=O)N1C[C@@H](c2ccc(F)cc2)[C@@H]2[C@H]1C1CCN2CC1. The molecule has 6 rings (SSSR count). The second-order valence-corrected chi connectivity index (χ2v) is 8.38. The van der Waals surface area contributed by atoms with Gasteiger partial charge in [0.2, 0.25) is 0 Å². The van der Waals surface area contributed by atoms with E-state index in [1.54, 1.807) is 0 Å². The third kappa shape index (κ3) is 2.61. The maximum absolute atomic E-state index is 13.6.